The van der Waals surface area contributed by atoms with Gasteiger partial charge in [0.25, 0.3) is 0 Å². The summed E-state index contributed by atoms with van der Waals surface area (Å²) in [6.45, 7) is 1.74. The maximum Gasteiger partial charge on any atom is 0.324 e. The number of hydrogen-bond acceptors (Lipinski definition) is 4. The Hall–Kier alpha value is -1.96. The molecule has 2 aromatic rings. The van der Waals surface area contributed by atoms with E-state index in [0.717, 1.165) is 23.8 Å². The smallest absolute Gasteiger partial charge is 0.324 e. The second-order valence-corrected chi connectivity index (χ2v) is 7.28. The van der Waals surface area contributed by atoms with E-state index < -0.39 is 27.9 Å². The van der Waals surface area contributed by atoms with Gasteiger partial charge in [0, 0.05) is 0 Å². The molecule has 25 heavy (non-hydrogen) atoms. The fourth-order valence-electron chi connectivity index (χ4n) is 2.21. The first kappa shape index (κ1) is 19.4. The quantitative estimate of drug-likeness (QED) is 0.744. The molecular formula is C17H17ClFNO4S. The number of hydrogen-bond donors (Lipinski definition) is 1. The maximum absolute atomic E-state index is 13.1. The second kappa shape index (κ2) is 8.42. The molecule has 0 saturated heterocycles. The van der Waals surface area contributed by atoms with Crippen LogP contribution < -0.4 is 4.72 Å². The fraction of sp³-hybridized carbons (Fsp3) is 0.235. The van der Waals surface area contributed by atoms with Crippen LogP contribution >= 0.6 is 11.6 Å². The molecule has 5 nitrogen and oxygen atoms in total. The predicted octanol–water partition coefficient (Wildman–Crippen LogP) is 2.93. The molecule has 0 saturated carbocycles. The molecule has 0 aliphatic heterocycles. The summed E-state index contributed by atoms with van der Waals surface area (Å²) >= 11 is 5.82. The van der Waals surface area contributed by atoms with Crippen molar-refractivity contribution in [1.29, 1.82) is 0 Å². The zero-order chi connectivity index (χ0) is 18.4. The van der Waals surface area contributed by atoms with Gasteiger partial charge in [0.15, 0.2) is 0 Å². The van der Waals surface area contributed by atoms with Gasteiger partial charge in [0.05, 0.1) is 11.6 Å². The minimum absolute atomic E-state index is 0.109. The summed E-state index contributed by atoms with van der Waals surface area (Å²) in [7, 11) is -4.14. The highest BCUT2D eigenvalue weighted by Crippen LogP contribution is 2.22. The van der Waals surface area contributed by atoms with Crippen LogP contribution in [0.25, 0.3) is 0 Å². The van der Waals surface area contributed by atoms with Crippen molar-refractivity contribution in [2.45, 2.75) is 24.3 Å². The van der Waals surface area contributed by atoms with Crippen molar-refractivity contribution in [2.75, 3.05) is 6.61 Å². The summed E-state index contributed by atoms with van der Waals surface area (Å²) in [6.07, 6.45) is 0.109. The minimum atomic E-state index is -4.14. The Morgan fingerprint density at radius 3 is 2.52 bits per heavy atom. The number of benzene rings is 2. The van der Waals surface area contributed by atoms with E-state index >= 15 is 0 Å². The van der Waals surface area contributed by atoms with Crippen LogP contribution in [0.1, 0.15) is 12.5 Å². The Morgan fingerprint density at radius 1 is 1.24 bits per heavy atom. The third-order valence-electron chi connectivity index (χ3n) is 3.33. The highest BCUT2D eigenvalue weighted by Gasteiger charge is 2.28. The van der Waals surface area contributed by atoms with Crippen molar-refractivity contribution >= 4 is 27.6 Å². The third-order valence-corrected chi connectivity index (χ3v) is 5.29. The molecule has 1 unspecified atom stereocenters. The van der Waals surface area contributed by atoms with Gasteiger partial charge in [-0.15, -0.1) is 0 Å². The van der Waals surface area contributed by atoms with E-state index in [0.29, 0.717) is 0 Å². The van der Waals surface area contributed by atoms with E-state index in [1.165, 1.54) is 0 Å². The molecule has 8 heteroatoms. The zero-order valence-corrected chi connectivity index (χ0v) is 15.0. The largest absolute Gasteiger partial charge is 0.465 e. The molecule has 0 aromatic heterocycles. The first-order valence-electron chi connectivity index (χ1n) is 7.51. The summed E-state index contributed by atoms with van der Waals surface area (Å²) in [5.74, 6) is -1.36. The van der Waals surface area contributed by atoms with Crippen LogP contribution in [0.2, 0.25) is 5.02 Å². The number of ether oxygens (including phenoxy) is 1. The first-order chi connectivity index (χ1) is 11.8. The highest BCUT2D eigenvalue weighted by atomic mass is 35.5. The van der Waals surface area contributed by atoms with Gasteiger partial charge in [-0.25, -0.2) is 12.8 Å². The topological polar surface area (TPSA) is 72.5 Å². The number of esters is 1. The average Bonchev–Trinajstić information content (AvgIpc) is 2.55. The minimum Gasteiger partial charge on any atom is -0.465 e. The molecule has 0 aliphatic rings. The normalized spacial score (nSPS) is 12.6. The molecule has 2 aromatic carbocycles. The molecular weight excluding hydrogens is 369 g/mol. The lowest BCUT2D eigenvalue weighted by Crippen LogP contribution is -2.43. The number of carbonyl (C=O) groups is 1. The molecule has 0 amide bonds. The van der Waals surface area contributed by atoms with Crippen molar-refractivity contribution in [2.24, 2.45) is 0 Å². The molecule has 1 atom stereocenters. The monoisotopic (exact) mass is 385 g/mol. The molecule has 0 fully saturated rings. The maximum atomic E-state index is 13.1. The summed E-state index contributed by atoms with van der Waals surface area (Å²) in [4.78, 5) is 11.8. The third kappa shape index (κ3) is 5.26. The molecule has 0 bridgehead atoms. The Bertz CT molecular complexity index is 843. The van der Waals surface area contributed by atoms with Crippen LogP contribution in [0.15, 0.2) is 53.4 Å². The highest BCUT2D eigenvalue weighted by molar-refractivity contribution is 7.89. The summed E-state index contributed by atoms with van der Waals surface area (Å²) in [5, 5.41) is -0.269. The fourth-order valence-corrected chi connectivity index (χ4v) is 3.93. The van der Waals surface area contributed by atoms with Crippen molar-refractivity contribution in [1.82, 2.24) is 4.72 Å². The predicted molar refractivity (Wildman–Crippen MR) is 92.3 cm³/mol. The molecule has 0 heterocycles. The van der Waals surface area contributed by atoms with Gasteiger partial charge in [-0.2, -0.15) is 4.72 Å². The van der Waals surface area contributed by atoms with E-state index in [9.17, 15) is 17.6 Å². The number of sulfonamides is 1. The molecule has 2 rings (SSSR count). The van der Waals surface area contributed by atoms with Gasteiger partial charge >= 0.3 is 5.97 Å². The van der Waals surface area contributed by atoms with Crippen LogP contribution in [-0.4, -0.2) is 27.0 Å². The van der Waals surface area contributed by atoms with Crippen molar-refractivity contribution in [3.05, 3.63) is 64.9 Å². The standard InChI is InChI=1S/C17H17ClFNO4S/c1-2-24-17(21)15(10-12-6-4-3-5-7-12)20-25(22,23)16-9-8-13(19)11-14(16)18/h3-9,11,15,20H,2,10H2,1H3. The van der Waals surface area contributed by atoms with E-state index in [1.54, 1.807) is 31.2 Å². The Labute approximate surface area is 150 Å². The van der Waals surface area contributed by atoms with E-state index in [4.69, 9.17) is 16.3 Å². The van der Waals surface area contributed by atoms with Gasteiger partial charge in [0.2, 0.25) is 10.0 Å². The molecule has 134 valence electrons. The van der Waals surface area contributed by atoms with Gasteiger partial charge in [-0.3, -0.25) is 4.79 Å². The van der Waals surface area contributed by atoms with Gasteiger partial charge in [0.1, 0.15) is 16.8 Å². The van der Waals surface area contributed by atoms with Crippen molar-refractivity contribution in [3.63, 3.8) is 0 Å². The van der Waals surface area contributed by atoms with Crippen molar-refractivity contribution in [3.8, 4) is 0 Å². The number of rotatable bonds is 7. The van der Waals surface area contributed by atoms with Crippen LogP contribution in [0, 0.1) is 5.82 Å². The number of nitrogens with one attached hydrogen (secondary N) is 1. The second-order valence-electron chi connectivity index (χ2n) is 5.19. The van der Waals surface area contributed by atoms with Crippen LogP contribution in [0.5, 0.6) is 0 Å². The van der Waals surface area contributed by atoms with E-state index in [2.05, 4.69) is 4.72 Å². The van der Waals surface area contributed by atoms with E-state index in [-0.39, 0.29) is 22.9 Å². The zero-order valence-electron chi connectivity index (χ0n) is 13.4. The van der Waals surface area contributed by atoms with E-state index in [1.807, 2.05) is 6.07 Å². The summed E-state index contributed by atoms with van der Waals surface area (Å²) in [5.41, 5.74) is 0.758. The SMILES string of the molecule is CCOC(=O)C(Cc1ccccc1)NS(=O)(=O)c1ccc(F)cc1Cl. The number of carbonyl (C=O) groups excluding carboxylic acids is 1. The Balaban J connectivity index is 2.29. The van der Waals surface area contributed by atoms with Crippen LogP contribution in [0.4, 0.5) is 4.39 Å². The molecule has 1 N–H and O–H groups in total. The summed E-state index contributed by atoms with van der Waals surface area (Å²) < 4.78 is 45.5. The van der Waals surface area contributed by atoms with Gasteiger partial charge in [-0.1, -0.05) is 41.9 Å². The first-order valence-corrected chi connectivity index (χ1v) is 9.37. The lowest BCUT2D eigenvalue weighted by atomic mass is 10.1. The van der Waals surface area contributed by atoms with Gasteiger partial charge in [-0.05, 0) is 37.1 Å². The average molecular weight is 386 g/mol. The number of halogens is 2. The van der Waals surface area contributed by atoms with Gasteiger partial charge < -0.3 is 4.74 Å². The lowest BCUT2D eigenvalue weighted by Gasteiger charge is -2.18. The molecule has 0 radical (unpaired) electrons. The van der Waals surface area contributed by atoms with Crippen molar-refractivity contribution < 1.29 is 22.3 Å². The molecule has 0 aliphatic carbocycles. The van der Waals surface area contributed by atoms with Crippen LogP contribution in [-0.2, 0) is 26.0 Å². The summed E-state index contributed by atoms with van der Waals surface area (Å²) in [6, 6.07) is 10.7. The molecule has 0 spiro atoms. The van der Waals surface area contributed by atoms with Crippen LogP contribution in [0.3, 0.4) is 0 Å². The Morgan fingerprint density at radius 2 is 1.92 bits per heavy atom. The lowest BCUT2D eigenvalue weighted by molar-refractivity contribution is -0.145. The Kier molecular flexibility index (Phi) is 6.52.